The van der Waals surface area contributed by atoms with Crippen LogP contribution in [0.2, 0.25) is 0 Å². The van der Waals surface area contributed by atoms with Gasteiger partial charge in [-0.05, 0) is 56.0 Å². The molecule has 1 heterocycles. The molecule has 0 saturated carbocycles. The highest BCUT2D eigenvalue weighted by atomic mass is 16.1. The highest BCUT2D eigenvalue weighted by Crippen LogP contribution is 2.29. The van der Waals surface area contributed by atoms with Gasteiger partial charge in [-0.3, -0.25) is 9.79 Å². The highest BCUT2D eigenvalue weighted by molar-refractivity contribution is 5.94. The van der Waals surface area contributed by atoms with Crippen molar-refractivity contribution in [1.29, 1.82) is 0 Å². The first-order chi connectivity index (χ1) is 14.6. The number of carbonyl (C=O) groups excluding carboxylic acids is 1. The third-order valence-corrected chi connectivity index (χ3v) is 5.44. The Bertz CT molecular complexity index is 879. The molecule has 0 aliphatic carbocycles. The number of aliphatic imine (C=N–C) groups is 1. The molecule has 0 aromatic heterocycles. The average Bonchev–Trinajstić information content (AvgIpc) is 3.21. The first kappa shape index (κ1) is 21.7. The quantitative estimate of drug-likeness (QED) is 0.465. The topological polar surface area (TPSA) is 68.8 Å². The van der Waals surface area contributed by atoms with Crippen molar-refractivity contribution in [2.45, 2.75) is 32.7 Å². The molecule has 1 amide bonds. The maximum Gasteiger partial charge on any atom is 0.251 e. The summed E-state index contributed by atoms with van der Waals surface area (Å²) in [5.41, 5.74) is 4.59. The Labute approximate surface area is 179 Å². The standard InChI is InChI=1S/C24H33N5O/c1-4-26-24(27-14-12-19-8-7-10-21(16-19)23(30)25-3)28-17-18(2)29-15-13-20-9-5-6-11-22(20)29/h5-11,16,18H,4,12-15,17H2,1-3H3,(H,25,30)(H2,26,27,28). The predicted octanol–water partition coefficient (Wildman–Crippen LogP) is 2.59. The number of nitrogens with zero attached hydrogens (tertiary/aromatic N) is 2. The minimum Gasteiger partial charge on any atom is -0.366 e. The fourth-order valence-electron chi connectivity index (χ4n) is 3.82. The lowest BCUT2D eigenvalue weighted by molar-refractivity contribution is 0.0963. The molecule has 1 unspecified atom stereocenters. The molecule has 6 heteroatoms. The first-order valence-corrected chi connectivity index (χ1v) is 10.8. The summed E-state index contributed by atoms with van der Waals surface area (Å²) >= 11 is 0. The number of hydrogen-bond donors (Lipinski definition) is 3. The molecule has 1 atom stereocenters. The van der Waals surface area contributed by atoms with Crippen molar-refractivity contribution in [2.24, 2.45) is 4.99 Å². The number of hydrogen-bond acceptors (Lipinski definition) is 3. The molecule has 160 valence electrons. The van der Waals surface area contributed by atoms with E-state index in [4.69, 9.17) is 4.99 Å². The van der Waals surface area contributed by atoms with E-state index >= 15 is 0 Å². The van der Waals surface area contributed by atoms with Gasteiger partial charge in [-0.25, -0.2) is 0 Å². The molecular formula is C24H33N5O. The van der Waals surface area contributed by atoms with E-state index in [2.05, 4.69) is 59.0 Å². The van der Waals surface area contributed by atoms with E-state index in [1.807, 2.05) is 24.3 Å². The summed E-state index contributed by atoms with van der Waals surface area (Å²) in [6.07, 6.45) is 1.93. The van der Waals surface area contributed by atoms with E-state index in [-0.39, 0.29) is 5.91 Å². The van der Waals surface area contributed by atoms with Crippen LogP contribution in [0.4, 0.5) is 5.69 Å². The Kier molecular flexibility index (Phi) is 7.71. The molecule has 1 aliphatic heterocycles. The van der Waals surface area contributed by atoms with Gasteiger partial charge in [0.15, 0.2) is 5.96 Å². The van der Waals surface area contributed by atoms with E-state index in [9.17, 15) is 4.79 Å². The van der Waals surface area contributed by atoms with Gasteiger partial charge in [-0.15, -0.1) is 0 Å². The molecule has 6 nitrogen and oxygen atoms in total. The van der Waals surface area contributed by atoms with Gasteiger partial charge in [0.1, 0.15) is 0 Å². The molecule has 1 aliphatic rings. The van der Waals surface area contributed by atoms with Gasteiger partial charge in [-0.1, -0.05) is 30.3 Å². The lowest BCUT2D eigenvalue weighted by atomic mass is 10.1. The fourth-order valence-corrected chi connectivity index (χ4v) is 3.82. The smallest absolute Gasteiger partial charge is 0.251 e. The second kappa shape index (κ2) is 10.7. The van der Waals surface area contributed by atoms with Crippen molar-refractivity contribution < 1.29 is 4.79 Å². The molecule has 2 aromatic rings. The molecular weight excluding hydrogens is 374 g/mol. The number of nitrogens with one attached hydrogen (secondary N) is 3. The minimum absolute atomic E-state index is 0.0582. The molecule has 2 aromatic carbocycles. The summed E-state index contributed by atoms with van der Waals surface area (Å²) in [5, 5.41) is 9.41. The zero-order chi connectivity index (χ0) is 21.3. The number of guanidine groups is 1. The van der Waals surface area contributed by atoms with Gasteiger partial charge in [0.05, 0.1) is 6.54 Å². The summed E-state index contributed by atoms with van der Waals surface area (Å²) in [7, 11) is 1.65. The number of fused-ring (bicyclic) bond motifs is 1. The zero-order valence-electron chi connectivity index (χ0n) is 18.2. The number of carbonyl (C=O) groups is 1. The Morgan fingerprint density at radius 3 is 2.80 bits per heavy atom. The second-order valence-electron chi connectivity index (χ2n) is 7.60. The van der Waals surface area contributed by atoms with Crippen molar-refractivity contribution in [2.75, 3.05) is 38.1 Å². The second-order valence-corrected chi connectivity index (χ2v) is 7.60. The highest BCUT2D eigenvalue weighted by Gasteiger charge is 2.22. The van der Waals surface area contributed by atoms with Gasteiger partial charge < -0.3 is 20.9 Å². The van der Waals surface area contributed by atoms with E-state index in [1.54, 1.807) is 7.05 Å². The summed E-state index contributed by atoms with van der Waals surface area (Å²) in [6.45, 7) is 7.67. The third-order valence-electron chi connectivity index (χ3n) is 5.44. The van der Waals surface area contributed by atoms with E-state index in [0.717, 1.165) is 50.5 Å². The SMILES string of the molecule is CCNC(=NCC(C)N1CCc2ccccc21)NCCc1cccc(C(=O)NC)c1. The molecule has 30 heavy (non-hydrogen) atoms. The maximum absolute atomic E-state index is 11.8. The van der Waals surface area contributed by atoms with Crippen LogP contribution >= 0.6 is 0 Å². The van der Waals surface area contributed by atoms with Gasteiger partial charge in [0, 0.05) is 44.0 Å². The molecule has 0 bridgehead atoms. The predicted molar refractivity (Wildman–Crippen MR) is 124 cm³/mol. The van der Waals surface area contributed by atoms with Crippen molar-refractivity contribution in [3.8, 4) is 0 Å². The van der Waals surface area contributed by atoms with Crippen LogP contribution < -0.4 is 20.9 Å². The monoisotopic (exact) mass is 407 g/mol. The molecule has 0 saturated heterocycles. The summed E-state index contributed by atoms with van der Waals surface area (Å²) in [4.78, 5) is 19.1. The van der Waals surface area contributed by atoms with Crippen molar-refractivity contribution in [3.63, 3.8) is 0 Å². The van der Waals surface area contributed by atoms with E-state index in [0.29, 0.717) is 11.6 Å². The Morgan fingerprint density at radius 1 is 1.17 bits per heavy atom. The van der Waals surface area contributed by atoms with Crippen molar-refractivity contribution >= 4 is 17.6 Å². The van der Waals surface area contributed by atoms with Gasteiger partial charge in [0.25, 0.3) is 5.91 Å². The Hall–Kier alpha value is -3.02. The lowest BCUT2D eigenvalue weighted by Gasteiger charge is -2.26. The van der Waals surface area contributed by atoms with Crippen LogP contribution in [0.3, 0.4) is 0 Å². The van der Waals surface area contributed by atoms with Crippen LogP contribution in [0.25, 0.3) is 0 Å². The van der Waals surface area contributed by atoms with Crippen LogP contribution in [0.1, 0.15) is 35.3 Å². The van der Waals surface area contributed by atoms with Crippen LogP contribution in [0, 0.1) is 0 Å². The number of benzene rings is 2. The Morgan fingerprint density at radius 2 is 2.00 bits per heavy atom. The van der Waals surface area contributed by atoms with E-state index < -0.39 is 0 Å². The minimum atomic E-state index is -0.0582. The number of anilines is 1. The van der Waals surface area contributed by atoms with Gasteiger partial charge >= 0.3 is 0 Å². The normalized spacial score (nSPS) is 14.2. The van der Waals surface area contributed by atoms with Crippen molar-refractivity contribution in [1.82, 2.24) is 16.0 Å². The number of rotatable bonds is 8. The Balaban J connectivity index is 1.54. The molecule has 3 N–H and O–H groups in total. The van der Waals surface area contributed by atoms with Crippen LogP contribution in [-0.4, -0.2) is 51.1 Å². The number of para-hydroxylation sites is 1. The summed E-state index contributed by atoms with van der Waals surface area (Å²) in [6, 6.07) is 16.7. The molecule has 0 spiro atoms. The van der Waals surface area contributed by atoms with Crippen LogP contribution in [0.5, 0.6) is 0 Å². The van der Waals surface area contributed by atoms with Crippen LogP contribution in [0.15, 0.2) is 53.5 Å². The molecule has 0 fully saturated rings. The summed E-state index contributed by atoms with van der Waals surface area (Å²) in [5.74, 6) is 0.775. The van der Waals surface area contributed by atoms with Gasteiger partial charge in [0.2, 0.25) is 0 Å². The first-order valence-electron chi connectivity index (χ1n) is 10.8. The maximum atomic E-state index is 11.8. The lowest BCUT2D eigenvalue weighted by Crippen LogP contribution is -2.40. The number of amides is 1. The van der Waals surface area contributed by atoms with Gasteiger partial charge in [-0.2, -0.15) is 0 Å². The fraction of sp³-hybridized carbons (Fsp3) is 0.417. The van der Waals surface area contributed by atoms with Crippen molar-refractivity contribution in [3.05, 3.63) is 65.2 Å². The molecule has 0 radical (unpaired) electrons. The van der Waals surface area contributed by atoms with Crippen LogP contribution in [-0.2, 0) is 12.8 Å². The molecule has 3 rings (SSSR count). The third kappa shape index (κ3) is 5.53. The summed E-state index contributed by atoms with van der Waals surface area (Å²) < 4.78 is 0. The van der Waals surface area contributed by atoms with E-state index in [1.165, 1.54) is 11.3 Å². The zero-order valence-corrected chi connectivity index (χ0v) is 18.2. The largest absolute Gasteiger partial charge is 0.366 e. The average molecular weight is 408 g/mol.